The molecule has 0 bridgehead atoms. The summed E-state index contributed by atoms with van der Waals surface area (Å²) in [5.74, 6) is 1.41. The van der Waals surface area contributed by atoms with Crippen molar-refractivity contribution >= 4 is 5.91 Å². The summed E-state index contributed by atoms with van der Waals surface area (Å²) in [6.07, 6.45) is 0. The first-order valence-electron chi connectivity index (χ1n) is 8.48. The van der Waals surface area contributed by atoms with Crippen molar-refractivity contribution < 1.29 is 4.79 Å². The second kappa shape index (κ2) is 6.45. The molecule has 0 spiro atoms. The Hall–Kier alpha value is -3.46. The zero-order valence-corrected chi connectivity index (χ0v) is 14.3. The summed E-state index contributed by atoms with van der Waals surface area (Å²) in [7, 11) is 0. The molecule has 4 rings (SSSR count). The topological polar surface area (TPSA) is 74.8 Å². The quantitative estimate of drug-likeness (QED) is 0.717. The van der Waals surface area contributed by atoms with E-state index in [-0.39, 0.29) is 11.9 Å². The van der Waals surface area contributed by atoms with E-state index in [1.54, 1.807) is 29.2 Å². The summed E-state index contributed by atoms with van der Waals surface area (Å²) in [6, 6.07) is 18.4. The van der Waals surface area contributed by atoms with Crippen molar-refractivity contribution in [3.05, 3.63) is 71.5 Å². The number of benzene rings is 2. The largest absolute Gasteiger partial charge is 0.327 e. The van der Waals surface area contributed by atoms with E-state index in [0.29, 0.717) is 30.0 Å². The van der Waals surface area contributed by atoms with Crippen LogP contribution in [0.5, 0.6) is 0 Å². The highest BCUT2D eigenvalue weighted by Gasteiger charge is 2.31. The first kappa shape index (κ1) is 16.0. The maximum absolute atomic E-state index is 12.9. The first-order valence-corrected chi connectivity index (χ1v) is 8.48. The van der Waals surface area contributed by atoms with Gasteiger partial charge in [-0.05, 0) is 31.2 Å². The normalized spacial score (nSPS) is 16.0. The summed E-state index contributed by atoms with van der Waals surface area (Å²) >= 11 is 0. The highest BCUT2D eigenvalue weighted by atomic mass is 16.2. The number of nitriles is 1. The second-order valence-corrected chi connectivity index (χ2v) is 6.25. The lowest BCUT2D eigenvalue weighted by atomic mass is 10.1. The van der Waals surface area contributed by atoms with Gasteiger partial charge in [-0.2, -0.15) is 10.4 Å². The van der Waals surface area contributed by atoms with Crippen LogP contribution in [0.4, 0.5) is 0 Å². The van der Waals surface area contributed by atoms with Crippen LogP contribution in [0.25, 0.3) is 11.4 Å². The van der Waals surface area contributed by atoms with E-state index >= 15 is 0 Å². The van der Waals surface area contributed by atoms with E-state index in [1.807, 2.05) is 41.9 Å². The molecule has 1 aliphatic rings. The van der Waals surface area contributed by atoms with Crippen LogP contribution in [0.15, 0.2) is 54.6 Å². The number of nitrogens with zero attached hydrogens (tertiary/aromatic N) is 5. The highest BCUT2D eigenvalue weighted by molar-refractivity contribution is 5.94. The molecule has 0 aliphatic carbocycles. The van der Waals surface area contributed by atoms with Gasteiger partial charge in [0.25, 0.3) is 5.91 Å². The zero-order valence-electron chi connectivity index (χ0n) is 14.3. The molecule has 6 heteroatoms. The maximum atomic E-state index is 12.9. The van der Waals surface area contributed by atoms with Crippen molar-refractivity contribution in [2.24, 2.45) is 0 Å². The third-order valence-electron chi connectivity index (χ3n) is 4.65. The molecule has 3 aromatic rings. The zero-order chi connectivity index (χ0) is 18.1. The molecule has 6 nitrogen and oxygen atoms in total. The molecule has 0 saturated heterocycles. The summed E-state index contributed by atoms with van der Waals surface area (Å²) < 4.78 is 1.88. The summed E-state index contributed by atoms with van der Waals surface area (Å²) in [6.45, 7) is 3.15. The first-order chi connectivity index (χ1) is 12.7. The Morgan fingerprint density at radius 2 is 1.85 bits per heavy atom. The van der Waals surface area contributed by atoms with Crippen molar-refractivity contribution in [2.75, 3.05) is 6.54 Å². The van der Waals surface area contributed by atoms with Crippen LogP contribution in [0.3, 0.4) is 0 Å². The van der Waals surface area contributed by atoms with Crippen molar-refractivity contribution in [3.63, 3.8) is 0 Å². The van der Waals surface area contributed by atoms with Crippen LogP contribution >= 0.6 is 0 Å². The minimum Gasteiger partial charge on any atom is -0.327 e. The average Bonchev–Trinajstić information content (AvgIpc) is 3.14. The van der Waals surface area contributed by atoms with Crippen LogP contribution in [0, 0.1) is 11.3 Å². The highest BCUT2D eigenvalue weighted by Crippen LogP contribution is 2.27. The summed E-state index contributed by atoms with van der Waals surface area (Å²) in [5, 5.41) is 13.5. The number of fused-ring (bicyclic) bond motifs is 1. The van der Waals surface area contributed by atoms with Gasteiger partial charge in [-0.1, -0.05) is 30.3 Å². The Labute approximate surface area is 151 Å². The smallest absolute Gasteiger partial charge is 0.254 e. The van der Waals surface area contributed by atoms with Crippen LogP contribution in [-0.4, -0.2) is 32.1 Å². The minimum absolute atomic E-state index is 0.0579. The molecule has 0 N–H and O–H groups in total. The van der Waals surface area contributed by atoms with Gasteiger partial charge in [0.15, 0.2) is 5.82 Å². The third-order valence-corrected chi connectivity index (χ3v) is 4.65. The number of rotatable bonds is 2. The van der Waals surface area contributed by atoms with E-state index in [0.717, 1.165) is 11.4 Å². The lowest BCUT2D eigenvalue weighted by Crippen LogP contribution is -2.41. The van der Waals surface area contributed by atoms with Gasteiger partial charge >= 0.3 is 0 Å². The Morgan fingerprint density at radius 3 is 2.54 bits per heavy atom. The van der Waals surface area contributed by atoms with Crippen molar-refractivity contribution in [3.8, 4) is 17.5 Å². The number of carbonyl (C=O) groups is 1. The predicted molar refractivity (Wildman–Crippen MR) is 96.1 cm³/mol. The third kappa shape index (κ3) is 2.74. The number of aromatic nitrogens is 3. The molecule has 0 fully saturated rings. The van der Waals surface area contributed by atoms with Crippen molar-refractivity contribution in [1.29, 1.82) is 5.26 Å². The number of amides is 1. The molecule has 128 valence electrons. The second-order valence-electron chi connectivity index (χ2n) is 6.25. The Balaban J connectivity index is 1.61. The molecule has 0 radical (unpaired) electrons. The van der Waals surface area contributed by atoms with Crippen molar-refractivity contribution in [2.45, 2.75) is 19.5 Å². The van der Waals surface area contributed by atoms with Crippen LogP contribution in [-0.2, 0) is 6.54 Å². The molecule has 1 aromatic heterocycles. The molecule has 26 heavy (non-hydrogen) atoms. The Bertz CT molecular complexity index is 985. The van der Waals surface area contributed by atoms with Crippen LogP contribution < -0.4 is 0 Å². The fourth-order valence-electron chi connectivity index (χ4n) is 3.20. The molecular formula is C20H17N5O. The van der Waals surface area contributed by atoms with E-state index in [4.69, 9.17) is 5.26 Å². The van der Waals surface area contributed by atoms with Crippen LogP contribution in [0.2, 0.25) is 0 Å². The van der Waals surface area contributed by atoms with Gasteiger partial charge in [-0.15, -0.1) is 0 Å². The summed E-state index contributed by atoms with van der Waals surface area (Å²) in [5.41, 5.74) is 2.08. The van der Waals surface area contributed by atoms with Crippen LogP contribution in [0.1, 0.15) is 34.7 Å². The molecule has 1 amide bonds. The molecule has 0 unspecified atom stereocenters. The number of hydrogen-bond acceptors (Lipinski definition) is 4. The number of carbonyl (C=O) groups excluding carboxylic acids is 1. The van der Waals surface area contributed by atoms with E-state index < -0.39 is 0 Å². The van der Waals surface area contributed by atoms with Gasteiger partial charge in [0.05, 0.1) is 24.2 Å². The summed E-state index contributed by atoms with van der Waals surface area (Å²) in [4.78, 5) is 19.4. The number of hydrogen-bond donors (Lipinski definition) is 0. The SMILES string of the molecule is C[C@H]1c2nc(-c3ccccc3)nn2CCN1C(=O)c1ccc(C#N)cc1. The van der Waals surface area contributed by atoms with Crippen molar-refractivity contribution in [1.82, 2.24) is 19.7 Å². The maximum Gasteiger partial charge on any atom is 0.254 e. The van der Waals surface area contributed by atoms with Gasteiger partial charge < -0.3 is 4.90 Å². The van der Waals surface area contributed by atoms with E-state index in [9.17, 15) is 4.79 Å². The van der Waals surface area contributed by atoms with Gasteiger partial charge in [0.2, 0.25) is 0 Å². The fourth-order valence-corrected chi connectivity index (χ4v) is 3.20. The molecule has 0 saturated carbocycles. The van der Waals surface area contributed by atoms with E-state index in [1.165, 1.54) is 0 Å². The van der Waals surface area contributed by atoms with Gasteiger partial charge in [-0.3, -0.25) is 4.79 Å². The average molecular weight is 343 g/mol. The molecule has 1 aliphatic heterocycles. The Morgan fingerprint density at radius 1 is 1.12 bits per heavy atom. The standard InChI is InChI=1S/C20H17N5O/c1-14-19-22-18(16-5-3-2-4-6-16)23-25(19)12-11-24(14)20(26)17-9-7-15(13-21)8-10-17/h2-10,14H,11-12H2,1H3/t14-/m0/s1. The van der Waals surface area contributed by atoms with E-state index in [2.05, 4.69) is 16.2 Å². The fraction of sp³-hybridized carbons (Fsp3) is 0.200. The van der Waals surface area contributed by atoms with Gasteiger partial charge in [0, 0.05) is 17.7 Å². The lowest BCUT2D eigenvalue weighted by molar-refractivity contribution is 0.0631. The lowest BCUT2D eigenvalue weighted by Gasteiger charge is -2.33. The van der Waals surface area contributed by atoms with Gasteiger partial charge in [0.1, 0.15) is 5.82 Å². The molecular weight excluding hydrogens is 326 g/mol. The Kier molecular flexibility index (Phi) is 3.98. The van der Waals surface area contributed by atoms with Gasteiger partial charge in [-0.25, -0.2) is 9.67 Å². The molecule has 2 aromatic carbocycles. The molecule has 2 heterocycles. The monoisotopic (exact) mass is 343 g/mol. The predicted octanol–water partition coefficient (Wildman–Crippen LogP) is 3.03. The minimum atomic E-state index is -0.170. The molecule has 1 atom stereocenters.